The molecule has 7 nitrogen and oxygen atoms in total. The van der Waals surface area contributed by atoms with E-state index in [0.29, 0.717) is 19.4 Å². The number of ether oxygens (including phenoxy) is 1. The van der Waals surface area contributed by atoms with Gasteiger partial charge in [-0.05, 0) is 26.9 Å². The van der Waals surface area contributed by atoms with Crippen LogP contribution in [0.15, 0.2) is 0 Å². The molecule has 104 valence electrons. The van der Waals surface area contributed by atoms with Gasteiger partial charge >= 0.3 is 12.0 Å². The van der Waals surface area contributed by atoms with Gasteiger partial charge in [-0.25, -0.2) is 4.79 Å². The number of imide groups is 1. The number of carbonyl (C=O) groups is 3. The Balaban J connectivity index is 4.01. The summed E-state index contributed by atoms with van der Waals surface area (Å²) in [5.74, 6) is -0.652. The van der Waals surface area contributed by atoms with E-state index in [4.69, 9.17) is 0 Å². The number of amides is 3. The van der Waals surface area contributed by atoms with Gasteiger partial charge in [-0.1, -0.05) is 0 Å². The Kier molecular flexibility index (Phi) is 7.69. The van der Waals surface area contributed by atoms with Crippen LogP contribution in [-0.4, -0.2) is 56.6 Å². The Morgan fingerprint density at radius 3 is 2.44 bits per heavy atom. The molecule has 0 aliphatic heterocycles. The average molecular weight is 259 g/mol. The van der Waals surface area contributed by atoms with Crippen LogP contribution in [0.3, 0.4) is 0 Å². The molecule has 0 aromatic rings. The van der Waals surface area contributed by atoms with Crippen LogP contribution in [0.5, 0.6) is 0 Å². The van der Waals surface area contributed by atoms with Gasteiger partial charge in [0.05, 0.1) is 13.2 Å². The zero-order chi connectivity index (χ0) is 14.1. The molecular formula is C11H21N3O4. The number of hydrogen-bond donors (Lipinski definition) is 2. The van der Waals surface area contributed by atoms with Gasteiger partial charge < -0.3 is 10.1 Å². The molecule has 1 atom stereocenters. The molecule has 0 bridgehead atoms. The summed E-state index contributed by atoms with van der Waals surface area (Å²) in [4.78, 5) is 35.2. The largest absolute Gasteiger partial charge is 0.469 e. The Hall–Kier alpha value is -1.63. The van der Waals surface area contributed by atoms with Gasteiger partial charge in [0, 0.05) is 13.5 Å². The maximum absolute atomic E-state index is 11.6. The van der Waals surface area contributed by atoms with Crippen LogP contribution in [0.25, 0.3) is 0 Å². The van der Waals surface area contributed by atoms with Crippen molar-refractivity contribution < 1.29 is 19.1 Å². The maximum Gasteiger partial charge on any atom is 0.321 e. The van der Waals surface area contributed by atoms with Gasteiger partial charge in [0.15, 0.2) is 0 Å². The van der Waals surface area contributed by atoms with Crippen molar-refractivity contribution in [3.63, 3.8) is 0 Å². The Morgan fingerprint density at radius 1 is 1.33 bits per heavy atom. The van der Waals surface area contributed by atoms with Gasteiger partial charge in [0.2, 0.25) is 5.91 Å². The topological polar surface area (TPSA) is 87.7 Å². The Morgan fingerprint density at radius 2 is 1.94 bits per heavy atom. The SMILES string of the molecule is CNC(=O)NC(=O)C(C)N(C)CCCC(=O)OC. The van der Waals surface area contributed by atoms with Crippen molar-refractivity contribution in [1.82, 2.24) is 15.5 Å². The number of nitrogens with zero attached hydrogens (tertiary/aromatic N) is 1. The summed E-state index contributed by atoms with van der Waals surface area (Å²) in [7, 11) is 4.53. The minimum atomic E-state index is -0.533. The first-order valence-electron chi connectivity index (χ1n) is 5.72. The molecule has 0 heterocycles. The van der Waals surface area contributed by atoms with Gasteiger partial charge in [0.1, 0.15) is 0 Å². The molecule has 0 saturated heterocycles. The van der Waals surface area contributed by atoms with E-state index < -0.39 is 12.1 Å². The predicted molar refractivity (Wildman–Crippen MR) is 65.9 cm³/mol. The lowest BCUT2D eigenvalue weighted by atomic mass is 10.2. The zero-order valence-electron chi connectivity index (χ0n) is 11.3. The third-order valence-electron chi connectivity index (χ3n) is 2.62. The van der Waals surface area contributed by atoms with E-state index >= 15 is 0 Å². The molecule has 0 fully saturated rings. The van der Waals surface area contributed by atoms with E-state index in [1.807, 2.05) is 0 Å². The van der Waals surface area contributed by atoms with E-state index in [2.05, 4.69) is 15.4 Å². The molecule has 0 aromatic heterocycles. The molecule has 1 unspecified atom stereocenters. The number of hydrogen-bond acceptors (Lipinski definition) is 5. The second-order valence-electron chi connectivity index (χ2n) is 3.90. The summed E-state index contributed by atoms with van der Waals surface area (Å²) >= 11 is 0. The highest BCUT2D eigenvalue weighted by molar-refractivity contribution is 5.96. The number of likely N-dealkylation sites (N-methyl/N-ethyl adjacent to an activating group) is 1. The van der Waals surface area contributed by atoms with Crippen molar-refractivity contribution in [2.24, 2.45) is 0 Å². The molecule has 7 heteroatoms. The summed E-state index contributed by atoms with van der Waals surface area (Å²) in [5, 5.41) is 4.50. The fraction of sp³-hybridized carbons (Fsp3) is 0.727. The van der Waals surface area contributed by atoms with E-state index in [1.165, 1.54) is 14.2 Å². The van der Waals surface area contributed by atoms with Crippen LogP contribution >= 0.6 is 0 Å². The van der Waals surface area contributed by atoms with Crippen LogP contribution in [0.1, 0.15) is 19.8 Å². The van der Waals surface area contributed by atoms with Crippen LogP contribution < -0.4 is 10.6 Å². The summed E-state index contributed by atoms with van der Waals surface area (Å²) in [6, 6.07) is -0.977. The molecule has 18 heavy (non-hydrogen) atoms. The van der Waals surface area contributed by atoms with Crippen molar-refractivity contribution in [2.45, 2.75) is 25.8 Å². The molecule has 0 saturated carbocycles. The minimum Gasteiger partial charge on any atom is -0.469 e. The Labute approximate surface area is 107 Å². The van der Waals surface area contributed by atoms with Crippen molar-refractivity contribution in [1.29, 1.82) is 0 Å². The average Bonchev–Trinajstić information content (AvgIpc) is 2.36. The van der Waals surface area contributed by atoms with Gasteiger partial charge in [0.25, 0.3) is 0 Å². The lowest BCUT2D eigenvalue weighted by Crippen LogP contribution is -2.48. The van der Waals surface area contributed by atoms with E-state index in [1.54, 1.807) is 18.9 Å². The third-order valence-corrected chi connectivity index (χ3v) is 2.62. The van der Waals surface area contributed by atoms with Gasteiger partial charge in [-0.3, -0.25) is 19.8 Å². The Bertz CT molecular complexity index is 307. The standard InChI is InChI=1S/C11H21N3O4/c1-8(10(16)13-11(17)12-2)14(3)7-5-6-9(15)18-4/h8H,5-7H2,1-4H3,(H2,12,13,16,17). The molecule has 3 amide bonds. The molecule has 0 aliphatic carbocycles. The van der Waals surface area contributed by atoms with Crippen LogP contribution in [0, 0.1) is 0 Å². The van der Waals surface area contributed by atoms with Crippen molar-refractivity contribution in [3.8, 4) is 0 Å². The fourth-order valence-corrected chi connectivity index (χ4v) is 1.25. The van der Waals surface area contributed by atoms with Crippen LogP contribution in [0.4, 0.5) is 4.79 Å². The molecular weight excluding hydrogens is 238 g/mol. The zero-order valence-corrected chi connectivity index (χ0v) is 11.3. The summed E-state index contributed by atoms with van der Waals surface area (Å²) in [5.41, 5.74) is 0. The number of carbonyl (C=O) groups excluding carboxylic acids is 3. The summed E-state index contributed by atoms with van der Waals surface area (Å²) in [6.07, 6.45) is 0.908. The molecule has 2 N–H and O–H groups in total. The number of urea groups is 1. The smallest absolute Gasteiger partial charge is 0.321 e. The summed E-state index contributed by atoms with van der Waals surface area (Å²) < 4.78 is 4.52. The normalized spacial score (nSPS) is 11.8. The maximum atomic E-state index is 11.6. The highest BCUT2D eigenvalue weighted by atomic mass is 16.5. The van der Waals surface area contributed by atoms with E-state index in [0.717, 1.165) is 0 Å². The first kappa shape index (κ1) is 16.4. The molecule has 0 rings (SSSR count). The second-order valence-corrected chi connectivity index (χ2v) is 3.90. The molecule has 0 radical (unpaired) electrons. The number of rotatable bonds is 6. The van der Waals surface area contributed by atoms with Crippen LogP contribution in [0.2, 0.25) is 0 Å². The first-order chi connectivity index (χ1) is 8.42. The lowest BCUT2D eigenvalue weighted by molar-refractivity contribution is -0.140. The van der Waals surface area contributed by atoms with Crippen LogP contribution in [-0.2, 0) is 14.3 Å². The van der Waals surface area contributed by atoms with Crippen molar-refractivity contribution in [3.05, 3.63) is 0 Å². The lowest BCUT2D eigenvalue weighted by Gasteiger charge is -2.23. The molecule has 0 aromatic carbocycles. The minimum absolute atomic E-state index is 0.272. The van der Waals surface area contributed by atoms with Crippen molar-refractivity contribution >= 4 is 17.9 Å². The third kappa shape index (κ3) is 6.19. The predicted octanol–water partition coefficient (Wildman–Crippen LogP) is -0.284. The first-order valence-corrected chi connectivity index (χ1v) is 5.72. The summed E-state index contributed by atoms with van der Waals surface area (Å²) in [6.45, 7) is 2.26. The number of nitrogens with one attached hydrogen (secondary N) is 2. The van der Waals surface area contributed by atoms with E-state index in [-0.39, 0.29) is 11.9 Å². The highest BCUT2D eigenvalue weighted by Crippen LogP contribution is 2.00. The number of methoxy groups -OCH3 is 1. The van der Waals surface area contributed by atoms with E-state index in [9.17, 15) is 14.4 Å². The van der Waals surface area contributed by atoms with Gasteiger partial charge in [-0.2, -0.15) is 0 Å². The monoisotopic (exact) mass is 259 g/mol. The quantitative estimate of drug-likeness (QED) is 0.640. The fourth-order valence-electron chi connectivity index (χ4n) is 1.25. The van der Waals surface area contributed by atoms with Gasteiger partial charge in [-0.15, -0.1) is 0 Å². The second kappa shape index (κ2) is 8.46. The molecule has 0 aliphatic rings. The number of esters is 1. The highest BCUT2D eigenvalue weighted by Gasteiger charge is 2.19. The van der Waals surface area contributed by atoms with Crippen molar-refractivity contribution in [2.75, 3.05) is 27.7 Å². The molecule has 0 spiro atoms.